The van der Waals surface area contributed by atoms with Gasteiger partial charge in [-0.2, -0.15) is 0 Å². The van der Waals surface area contributed by atoms with Crippen LogP contribution in [-0.4, -0.2) is 28.2 Å². The van der Waals surface area contributed by atoms with Crippen LogP contribution in [0.1, 0.15) is 18.9 Å². The highest BCUT2D eigenvalue weighted by Crippen LogP contribution is 2.09. The second-order valence-electron chi connectivity index (χ2n) is 4.26. The summed E-state index contributed by atoms with van der Waals surface area (Å²) in [5.74, 6) is 0. The third-order valence-corrected chi connectivity index (χ3v) is 3.55. The van der Waals surface area contributed by atoms with Crippen molar-refractivity contribution in [3.63, 3.8) is 0 Å². The fourth-order valence-corrected chi connectivity index (χ4v) is 2.11. The number of hydrogen-bond donors (Lipinski definition) is 2. The summed E-state index contributed by atoms with van der Waals surface area (Å²) in [6, 6.07) is 6.95. The number of sulfonamides is 1. The van der Waals surface area contributed by atoms with Gasteiger partial charge in [0.25, 0.3) is 0 Å². The highest BCUT2D eigenvalue weighted by Gasteiger charge is 2.08. The Bertz CT molecular complexity index is 474. The molecule has 0 aliphatic carbocycles. The molecule has 0 saturated heterocycles. The number of benzene rings is 1. The monoisotopic (exact) mass is 272 g/mol. The second-order valence-corrected chi connectivity index (χ2v) is 5.82. The van der Waals surface area contributed by atoms with Crippen molar-refractivity contribution in [1.82, 2.24) is 5.32 Å². The summed E-state index contributed by atoms with van der Waals surface area (Å²) in [5.41, 5.74) is 0.894. The topological polar surface area (TPSA) is 81.4 Å². The van der Waals surface area contributed by atoms with E-state index in [1.54, 1.807) is 19.2 Å². The average molecular weight is 272 g/mol. The summed E-state index contributed by atoms with van der Waals surface area (Å²) in [6.45, 7) is 3.36. The number of hydrogen-bond acceptors (Lipinski definition) is 4. The van der Waals surface area contributed by atoms with Crippen molar-refractivity contribution in [2.75, 3.05) is 13.7 Å². The molecule has 0 saturated carbocycles. The van der Waals surface area contributed by atoms with Gasteiger partial charge in [-0.25, -0.2) is 13.6 Å². The van der Waals surface area contributed by atoms with E-state index in [0.717, 1.165) is 12.0 Å². The minimum atomic E-state index is -3.63. The number of methoxy groups -OCH3 is 1. The van der Waals surface area contributed by atoms with Crippen LogP contribution in [0.4, 0.5) is 0 Å². The fraction of sp³-hybridized carbons (Fsp3) is 0.500. The molecule has 3 N–H and O–H groups in total. The SMILES string of the molecule is COCCC(C)NCc1cccc(S(N)(=O)=O)c1. The van der Waals surface area contributed by atoms with E-state index in [1.807, 2.05) is 6.07 Å². The predicted octanol–water partition coefficient (Wildman–Crippen LogP) is 0.849. The fourth-order valence-electron chi connectivity index (χ4n) is 1.52. The summed E-state index contributed by atoms with van der Waals surface area (Å²) < 4.78 is 27.4. The Balaban J connectivity index is 2.58. The molecule has 1 aromatic carbocycles. The van der Waals surface area contributed by atoms with E-state index in [0.29, 0.717) is 19.2 Å². The van der Waals surface area contributed by atoms with Crippen molar-refractivity contribution in [3.8, 4) is 0 Å². The first-order valence-corrected chi connectivity index (χ1v) is 7.32. The highest BCUT2D eigenvalue weighted by atomic mass is 32.2. The molecule has 1 rings (SSSR count). The van der Waals surface area contributed by atoms with Crippen LogP contribution in [-0.2, 0) is 21.3 Å². The Morgan fingerprint density at radius 3 is 2.78 bits per heavy atom. The van der Waals surface area contributed by atoms with Gasteiger partial charge in [0.05, 0.1) is 4.90 Å². The highest BCUT2D eigenvalue weighted by molar-refractivity contribution is 7.89. The van der Waals surface area contributed by atoms with Crippen molar-refractivity contribution in [2.24, 2.45) is 5.14 Å². The molecule has 0 heterocycles. The zero-order valence-electron chi connectivity index (χ0n) is 10.7. The third-order valence-electron chi connectivity index (χ3n) is 2.64. The van der Waals surface area contributed by atoms with Gasteiger partial charge >= 0.3 is 0 Å². The molecular weight excluding hydrogens is 252 g/mol. The maximum atomic E-state index is 11.2. The lowest BCUT2D eigenvalue weighted by Gasteiger charge is -2.13. The zero-order valence-corrected chi connectivity index (χ0v) is 11.5. The van der Waals surface area contributed by atoms with Crippen LogP contribution in [0.2, 0.25) is 0 Å². The Kier molecular flexibility index (Phi) is 5.74. The van der Waals surface area contributed by atoms with Gasteiger partial charge in [0.2, 0.25) is 10.0 Å². The Labute approximate surface area is 108 Å². The Morgan fingerprint density at radius 2 is 2.17 bits per heavy atom. The van der Waals surface area contributed by atoms with Crippen molar-refractivity contribution in [2.45, 2.75) is 30.8 Å². The molecular formula is C12H20N2O3S. The molecule has 0 fully saturated rings. The molecule has 0 aliphatic rings. The molecule has 102 valence electrons. The molecule has 5 nitrogen and oxygen atoms in total. The molecule has 0 bridgehead atoms. The minimum absolute atomic E-state index is 0.145. The van der Waals surface area contributed by atoms with E-state index in [-0.39, 0.29) is 4.90 Å². The van der Waals surface area contributed by atoms with Crippen LogP contribution in [0.3, 0.4) is 0 Å². The van der Waals surface area contributed by atoms with Crippen molar-refractivity contribution < 1.29 is 13.2 Å². The van der Waals surface area contributed by atoms with Gasteiger partial charge in [-0.15, -0.1) is 0 Å². The van der Waals surface area contributed by atoms with Crippen molar-refractivity contribution in [3.05, 3.63) is 29.8 Å². The van der Waals surface area contributed by atoms with Gasteiger partial charge in [-0.3, -0.25) is 0 Å². The minimum Gasteiger partial charge on any atom is -0.385 e. The summed E-state index contributed by atoms with van der Waals surface area (Å²) >= 11 is 0. The molecule has 0 aliphatic heterocycles. The van der Waals surface area contributed by atoms with E-state index in [9.17, 15) is 8.42 Å². The number of nitrogens with one attached hydrogen (secondary N) is 1. The maximum Gasteiger partial charge on any atom is 0.238 e. The molecule has 0 radical (unpaired) electrons. The van der Waals surface area contributed by atoms with E-state index >= 15 is 0 Å². The molecule has 18 heavy (non-hydrogen) atoms. The molecule has 1 aromatic rings. The van der Waals surface area contributed by atoms with Crippen LogP contribution in [0.15, 0.2) is 29.2 Å². The zero-order chi connectivity index (χ0) is 13.6. The van der Waals surface area contributed by atoms with Gasteiger partial charge in [-0.1, -0.05) is 12.1 Å². The van der Waals surface area contributed by atoms with Crippen molar-refractivity contribution in [1.29, 1.82) is 0 Å². The lowest BCUT2D eigenvalue weighted by Crippen LogP contribution is -2.26. The average Bonchev–Trinajstić information content (AvgIpc) is 2.33. The van der Waals surface area contributed by atoms with E-state index < -0.39 is 10.0 Å². The number of primary sulfonamides is 1. The first-order chi connectivity index (χ1) is 8.43. The van der Waals surface area contributed by atoms with Crippen LogP contribution < -0.4 is 10.5 Å². The van der Waals surface area contributed by atoms with E-state index in [4.69, 9.17) is 9.88 Å². The van der Waals surface area contributed by atoms with Crippen LogP contribution >= 0.6 is 0 Å². The first-order valence-electron chi connectivity index (χ1n) is 5.77. The maximum absolute atomic E-state index is 11.2. The standard InChI is InChI=1S/C12H20N2O3S/c1-10(6-7-17-2)14-9-11-4-3-5-12(8-11)18(13,15)16/h3-5,8,10,14H,6-7,9H2,1-2H3,(H2,13,15,16). The van der Waals surface area contributed by atoms with Gasteiger partial charge in [0, 0.05) is 26.3 Å². The van der Waals surface area contributed by atoms with Crippen LogP contribution in [0, 0.1) is 0 Å². The molecule has 1 unspecified atom stereocenters. The molecule has 0 aromatic heterocycles. The number of ether oxygens (including phenoxy) is 1. The Morgan fingerprint density at radius 1 is 1.44 bits per heavy atom. The van der Waals surface area contributed by atoms with Gasteiger partial charge in [0.15, 0.2) is 0 Å². The summed E-state index contributed by atoms with van der Waals surface area (Å²) in [4.78, 5) is 0.145. The third kappa shape index (κ3) is 5.14. The summed E-state index contributed by atoms with van der Waals surface area (Å²) in [5, 5.41) is 8.38. The molecule has 6 heteroatoms. The van der Waals surface area contributed by atoms with Gasteiger partial charge < -0.3 is 10.1 Å². The van der Waals surface area contributed by atoms with Gasteiger partial charge in [-0.05, 0) is 31.0 Å². The first kappa shape index (κ1) is 15.1. The normalized spacial score (nSPS) is 13.5. The summed E-state index contributed by atoms with van der Waals surface area (Å²) in [6.07, 6.45) is 0.908. The summed E-state index contributed by atoms with van der Waals surface area (Å²) in [7, 11) is -1.96. The molecule has 0 amide bonds. The van der Waals surface area contributed by atoms with Gasteiger partial charge in [0.1, 0.15) is 0 Å². The van der Waals surface area contributed by atoms with E-state index in [1.165, 1.54) is 6.07 Å². The molecule has 1 atom stereocenters. The Hall–Kier alpha value is -0.950. The largest absolute Gasteiger partial charge is 0.385 e. The molecule has 0 spiro atoms. The lowest BCUT2D eigenvalue weighted by atomic mass is 10.2. The van der Waals surface area contributed by atoms with Crippen LogP contribution in [0.25, 0.3) is 0 Å². The van der Waals surface area contributed by atoms with Crippen molar-refractivity contribution >= 4 is 10.0 Å². The lowest BCUT2D eigenvalue weighted by molar-refractivity contribution is 0.184. The quantitative estimate of drug-likeness (QED) is 0.771. The smallest absolute Gasteiger partial charge is 0.238 e. The van der Waals surface area contributed by atoms with E-state index in [2.05, 4.69) is 12.2 Å². The number of nitrogens with two attached hydrogens (primary N) is 1. The second kappa shape index (κ2) is 6.84. The van der Waals surface area contributed by atoms with Crippen LogP contribution in [0.5, 0.6) is 0 Å². The number of rotatable bonds is 7. The predicted molar refractivity (Wildman–Crippen MR) is 70.6 cm³/mol.